The van der Waals surface area contributed by atoms with Crippen molar-refractivity contribution < 1.29 is 4.74 Å². The summed E-state index contributed by atoms with van der Waals surface area (Å²) in [6.07, 6.45) is 0. The van der Waals surface area contributed by atoms with Crippen molar-refractivity contribution in [1.82, 2.24) is 0 Å². The summed E-state index contributed by atoms with van der Waals surface area (Å²) in [6.45, 7) is 0. The zero-order valence-corrected chi connectivity index (χ0v) is 12.1. The number of nitrogens with zero attached hydrogens (tertiary/aromatic N) is 1. The zero-order chi connectivity index (χ0) is 13.0. The number of ether oxygens (including phenoxy) is 1. The molecular formula is C14H10BrNOS. The highest BCUT2D eigenvalue weighted by molar-refractivity contribution is 9.10. The highest BCUT2D eigenvalue weighted by Crippen LogP contribution is 2.35. The molecule has 0 aliphatic carbocycles. The number of rotatable bonds is 3. The normalized spacial score (nSPS) is 9.83. The van der Waals surface area contributed by atoms with Crippen molar-refractivity contribution in [3.05, 3.63) is 52.5 Å². The van der Waals surface area contributed by atoms with Crippen molar-refractivity contribution in [2.45, 2.75) is 9.79 Å². The van der Waals surface area contributed by atoms with Gasteiger partial charge in [-0.25, -0.2) is 0 Å². The molecule has 4 heteroatoms. The first-order valence-electron chi connectivity index (χ1n) is 5.24. The highest BCUT2D eigenvalue weighted by atomic mass is 79.9. The Balaban J connectivity index is 2.20. The molecule has 0 radical (unpaired) electrons. The Hall–Kier alpha value is -1.44. The van der Waals surface area contributed by atoms with Gasteiger partial charge in [0.1, 0.15) is 5.75 Å². The number of nitriles is 1. The molecule has 0 fully saturated rings. The quantitative estimate of drug-likeness (QED) is 0.836. The minimum absolute atomic E-state index is 0.674. The predicted molar refractivity (Wildman–Crippen MR) is 76.0 cm³/mol. The van der Waals surface area contributed by atoms with E-state index in [1.165, 1.54) is 0 Å². The van der Waals surface area contributed by atoms with Gasteiger partial charge < -0.3 is 4.74 Å². The summed E-state index contributed by atoms with van der Waals surface area (Å²) in [5, 5.41) is 8.74. The molecule has 2 rings (SSSR count). The first-order chi connectivity index (χ1) is 8.72. The average molecular weight is 320 g/mol. The van der Waals surface area contributed by atoms with Gasteiger partial charge in [-0.15, -0.1) is 0 Å². The standard InChI is InChI=1S/C14H10BrNOS/c1-17-11-4-7-14(13(15)8-11)18-12-5-2-10(9-16)3-6-12/h2-8H,1H3. The van der Waals surface area contributed by atoms with E-state index in [0.29, 0.717) is 5.56 Å². The van der Waals surface area contributed by atoms with E-state index in [1.54, 1.807) is 18.9 Å². The topological polar surface area (TPSA) is 33.0 Å². The van der Waals surface area contributed by atoms with Gasteiger partial charge in [0.05, 0.1) is 18.7 Å². The Morgan fingerprint density at radius 1 is 1.17 bits per heavy atom. The second kappa shape index (κ2) is 5.94. The van der Waals surface area contributed by atoms with Gasteiger partial charge in [0.15, 0.2) is 0 Å². The second-order valence-electron chi connectivity index (χ2n) is 3.53. The molecular weight excluding hydrogens is 310 g/mol. The molecule has 0 atom stereocenters. The van der Waals surface area contributed by atoms with Crippen LogP contribution in [0.5, 0.6) is 5.75 Å². The van der Waals surface area contributed by atoms with Crippen LogP contribution in [-0.4, -0.2) is 7.11 Å². The van der Waals surface area contributed by atoms with Gasteiger partial charge in [0, 0.05) is 14.3 Å². The van der Waals surface area contributed by atoms with E-state index < -0.39 is 0 Å². The molecule has 0 bridgehead atoms. The molecule has 0 aliphatic rings. The van der Waals surface area contributed by atoms with Crippen LogP contribution in [0.3, 0.4) is 0 Å². The molecule has 18 heavy (non-hydrogen) atoms. The van der Waals surface area contributed by atoms with E-state index in [-0.39, 0.29) is 0 Å². The van der Waals surface area contributed by atoms with Crippen molar-refractivity contribution in [1.29, 1.82) is 5.26 Å². The van der Waals surface area contributed by atoms with Crippen LogP contribution in [0.4, 0.5) is 0 Å². The summed E-state index contributed by atoms with van der Waals surface area (Å²) in [7, 11) is 1.65. The van der Waals surface area contributed by atoms with Gasteiger partial charge in [0.2, 0.25) is 0 Å². The molecule has 0 saturated carbocycles. The molecule has 0 aliphatic heterocycles. The lowest BCUT2D eigenvalue weighted by Gasteiger charge is -2.06. The Morgan fingerprint density at radius 3 is 2.44 bits per heavy atom. The molecule has 0 N–H and O–H groups in total. The summed E-state index contributed by atoms with van der Waals surface area (Å²) >= 11 is 5.16. The largest absolute Gasteiger partial charge is 0.497 e. The molecule has 0 unspecified atom stereocenters. The van der Waals surface area contributed by atoms with Gasteiger partial charge in [-0.3, -0.25) is 0 Å². The summed E-state index contributed by atoms with van der Waals surface area (Å²) in [6, 6.07) is 15.5. The fourth-order valence-electron chi connectivity index (χ4n) is 1.42. The lowest BCUT2D eigenvalue weighted by Crippen LogP contribution is -1.83. The summed E-state index contributed by atoms with van der Waals surface area (Å²) < 4.78 is 6.15. The van der Waals surface area contributed by atoms with Crippen molar-refractivity contribution in [2.24, 2.45) is 0 Å². The van der Waals surface area contributed by atoms with E-state index in [0.717, 1.165) is 20.0 Å². The predicted octanol–water partition coefficient (Wildman–Crippen LogP) is 4.48. The number of hydrogen-bond donors (Lipinski definition) is 0. The molecule has 2 nitrogen and oxygen atoms in total. The Kier molecular flexibility index (Phi) is 4.29. The fourth-order valence-corrected chi connectivity index (χ4v) is 2.83. The maximum atomic E-state index is 8.74. The third kappa shape index (κ3) is 3.06. The molecule has 0 aromatic heterocycles. The number of methoxy groups -OCH3 is 1. The molecule has 2 aromatic rings. The van der Waals surface area contributed by atoms with Gasteiger partial charge in [0.25, 0.3) is 0 Å². The number of halogens is 1. The first-order valence-corrected chi connectivity index (χ1v) is 6.85. The Bertz CT molecular complexity index is 590. The molecule has 90 valence electrons. The van der Waals surface area contributed by atoms with Crippen molar-refractivity contribution in [3.8, 4) is 11.8 Å². The Labute approximate surface area is 119 Å². The maximum absolute atomic E-state index is 8.74. The maximum Gasteiger partial charge on any atom is 0.120 e. The van der Waals surface area contributed by atoms with Crippen LogP contribution in [0.25, 0.3) is 0 Å². The van der Waals surface area contributed by atoms with Crippen LogP contribution in [0.1, 0.15) is 5.56 Å². The fraction of sp³-hybridized carbons (Fsp3) is 0.0714. The van der Waals surface area contributed by atoms with Crippen LogP contribution in [0, 0.1) is 11.3 Å². The van der Waals surface area contributed by atoms with Crippen molar-refractivity contribution >= 4 is 27.7 Å². The third-order valence-electron chi connectivity index (χ3n) is 2.35. The third-order valence-corrected chi connectivity index (χ3v) is 4.35. The highest BCUT2D eigenvalue weighted by Gasteiger charge is 2.04. The van der Waals surface area contributed by atoms with Crippen LogP contribution in [0.2, 0.25) is 0 Å². The lowest BCUT2D eigenvalue weighted by molar-refractivity contribution is 0.414. The molecule has 0 spiro atoms. The Morgan fingerprint density at radius 2 is 1.89 bits per heavy atom. The minimum Gasteiger partial charge on any atom is -0.497 e. The van der Waals surface area contributed by atoms with Crippen LogP contribution in [0.15, 0.2) is 56.7 Å². The van der Waals surface area contributed by atoms with Gasteiger partial charge in [-0.2, -0.15) is 5.26 Å². The molecule has 0 saturated heterocycles. The van der Waals surface area contributed by atoms with E-state index in [2.05, 4.69) is 22.0 Å². The van der Waals surface area contributed by atoms with E-state index in [1.807, 2.05) is 42.5 Å². The van der Waals surface area contributed by atoms with Crippen molar-refractivity contribution in [3.63, 3.8) is 0 Å². The molecule has 2 aromatic carbocycles. The van der Waals surface area contributed by atoms with Crippen LogP contribution >= 0.6 is 27.7 Å². The monoisotopic (exact) mass is 319 g/mol. The average Bonchev–Trinajstić information content (AvgIpc) is 2.42. The minimum atomic E-state index is 0.674. The van der Waals surface area contributed by atoms with Crippen molar-refractivity contribution in [2.75, 3.05) is 7.11 Å². The lowest BCUT2D eigenvalue weighted by atomic mass is 10.2. The van der Waals surface area contributed by atoms with E-state index >= 15 is 0 Å². The summed E-state index contributed by atoms with van der Waals surface area (Å²) in [4.78, 5) is 2.21. The van der Waals surface area contributed by atoms with Gasteiger partial charge >= 0.3 is 0 Å². The second-order valence-corrected chi connectivity index (χ2v) is 5.50. The van der Waals surface area contributed by atoms with Gasteiger partial charge in [-0.05, 0) is 58.4 Å². The zero-order valence-electron chi connectivity index (χ0n) is 9.68. The number of benzene rings is 2. The van der Waals surface area contributed by atoms with Crippen LogP contribution < -0.4 is 4.74 Å². The van der Waals surface area contributed by atoms with Crippen LogP contribution in [-0.2, 0) is 0 Å². The van der Waals surface area contributed by atoms with Gasteiger partial charge in [-0.1, -0.05) is 11.8 Å². The number of hydrogen-bond acceptors (Lipinski definition) is 3. The molecule has 0 heterocycles. The smallest absolute Gasteiger partial charge is 0.120 e. The summed E-state index contributed by atoms with van der Waals surface area (Å²) in [5.41, 5.74) is 0.674. The summed E-state index contributed by atoms with van der Waals surface area (Å²) in [5.74, 6) is 0.825. The first kappa shape index (κ1) is 13.0. The molecule has 0 amide bonds. The SMILES string of the molecule is COc1ccc(Sc2ccc(C#N)cc2)c(Br)c1. The van der Waals surface area contributed by atoms with E-state index in [4.69, 9.17) is 10.00 Å². The van der Waals surface area contributed by atoms with E-state index in [9.17, 15) is 0 Å².